The third kappa shape index (κ3) is 16.9. The van der Waals surface area contributed by atoms with Crippen molar-refractivity contribution in [1.29, 1.82) is 0 Å². The SMILES string of the molecule is CCC=C(CCC(CCCCCCCCCCC)OC(C)C)OC(C)C. The molecule has 0 spiro atoms. The highest BCUT2D eigenvalue weighted by Gasteiger charge is 2.13. The van der Waals surface area contributed by atoms with E-state index >= 15 is 0 Å². The summed E-state index contributed by atoms with van der Waals surface area (Å²) < 4.78 is 12.1. The Morgan fingerprint density at radius 3 is 1.81 bits per heavy atom. The van der Waals surface area contributed by atoms with Crippen LogP contribution in [0.3, 0.4) is 0 Å². The molecular weight excluding hydrogens is 320 g/mol. The van der Waals surface area contributed by atoms with Gasteiger partial charge in [-0.2, -0.15) is 0 Å². The molecule has 2 nitrogen and oxygen atoms in total. The minimum atomic E-state index is 0.259. The summed E-state index contributed by atoms with van der Waals surface area (Å²) in [7, 11) is 0. The van der Waals surface area contributed by atoms with E-state index in [0.29, 0.717) is 12.2 Å². The lowest BCUT2D eigenvalue weighted by molar-refractivity contribution is -0.00545. The van der Waals surface area contributed by atoms with Gasteiger partial charge in [-0.05, 0) is 53.0 Å². The van der Waals surface area contributed by atoms with Crippen LogP contribution in [0.25, 0.3) is 0 Å². The van der Waals surface area contributed by atoms with E-state index in [4.69, 9.17) is 9.47 Å². The number of hydrogen-bond acceptors (Lipinski definition) is 2. The van der Waals surface area contributed by atoms with Crippen LogP contribution in [0.1, 0.15) is 125 Å². The van der Waals surface area contributed by atoms with E-state index in [-0.39, 0.29) is 6.10 Å². The van der Waals surface area contributed by atoms with Crippen LogP contribution in [0.5, 0.6) is 0 Å². The minimum absolute atomic E-state index is 0.259. The van der Waals surface area contributed by atoms with E-state index in [9.17, 15) is 0 Å². The zero-order chi connectivity index (χ0) is 19.6. The normalized spacial score (nSPS) is 13.6. The molecule has 1 unspecified atom stereocenters. The molecule has 1 atom stereocenters. The molecule has 0 heterocycles. The van der Waals surface area contributed by atoms with Crippen LogP contribution in [0.4, 0.5) is 0 Å². The topological polar surface area (TPSA) is 18.5 Å². The highest BCUT2D eigenvalue weighted by atomic mass is 16.5. The van der Waals surface area contributed by atoms with Gasteiger partial charge in [-0.25, -0.2) is 0 Å². The van der Waals surface area contributed by atoms with Crippen LogP contribution in [0.2, 0.25) is 0 Å². The van der Waals surface area contributed by atoms with Crippen molar-refractivity contribution >= 4 is 0 Å². The fourth-order valence-electron chi connectivity index (χ4n) is 3.39. The molecule has 0 aliphatic carbocycles. The molecule has 0 radical (unpaired) electrons. The lowest BCUT2D eigenvalue weighted by Gasteiger charge is -2.22. The van der Waals surface area contributed by atoms with Crippen molar-refractivity contribution in [2.24, 2.45) is 0 Å². The molecule has 0 rings (SSSR count). The summed E-state index contributed by atoms with van der Waals surface area (Å²) in [6.45, 7) is 13.0. The summed E-state index contributed by atoms with van der Waals surface area (Å²) in [4.78, 5) is 0. The smallest absolute Gasteiger partial charge is 0.0926 e. The highest BCUT2D eigenvalue weighted by Crippen LogP contribution is 2.20. The molecule has 0 fully saturated rings. The standard InChI is InChI=1S/C24H48O2/c1-7-9-10-11-12-13-14-15-16-18-24(26-22(5)6)20-19-23(17-8-2)25-21(3)4/h17,21-22,24H,7-16,18-20H2,1-6H3. The molecule has 0 N–H and O–H groups in total. The second-order valence-corrected chi connectivity index (χ2v) is 8.21. The molecule has 0 saturated carbocycles. The molecule has 26 heavy (non-hydrogen) atoms. The van der Waals surface area contributed by atoms with Crippen molar-refractivity contribution in [3.63, 3.8) is 0 Å². The first-order valence-corrected chi connectivity index (χ1v) is 11.5. The van der Waals surface area contributed by atoms with Gasteiger partial charge in [0.05, 0.1) is 24.1 Å². The van der Waals surface area contributed by atoms with Gasteiger partial charge in [0.2, 0.25) is 0 Å². The number of hydrogen-bond donors (Lipinski definition) is 0. The first kappa shape index (κ1) is 25.5. The van der Waals surface area contributed by atoms with Crippen molar-refractivity contribution in [2.75, 3.05) is 0 Å². The van der Waals surface area contributed by atoms with Crippen molar-refractivity contribution in [3.05, 3.63) is 11.8 Å². The van der Waals surface area contributed by atoms with Crippen molar-refractivity contribution in [3.8, 4) is 0 Å². The van der Waals surface area contributed by atoms with E-state index in [1.165, 1.54) is 64.2 Å². The molecular formula is C24H48O2. The van der Waals surface area contributed by atoms with Gasteiger partial charge in [-0.3, -0.25) is 0 Å². The van der Waals surface area contributed by atoms with E-state index in [2.05, 4.69) is 47.6 Å². The Kier molecular flexibility index (Phi) is 17.5. The lowest BCUT2D eigenvalue weighted by Crippen LogP contribution is -2.18. The van der Waals surface area contributed by atoms with Crippen molar-refractivity contribution in [2.45, 2.75) is 143 Å². The first-order chi connectivity index (χ1) is 12.5. The van der Waals surface area contributed by atoms with E-state index in [0.717, 1.165) is 25.0 Å². The van der Waals surface area contributed by atoms with Gasteiger partial charge in [0.1, 0.15) is 0 Å². The molecule has 0 aromatic rings. The maximum atomic E-state index is 6.17. The molecule has 0 amide bonds. The molecule has 156 valence electrons. The minimum Gasteiger partial charge on any atom is -0.496 e. The number of rotatable bonds is 18. The molecule has 0 aliphatic heterocycles. The van der Waals surface area contributed by atoms with E-state index < -0.39 is 0 Å². The van der Waals surface area contributed by atoms with Crippen LogP contribution in [0, 0.1) is 0 Å². The second kappa shape index (κ2) is 17.9. The third-order valence-electron chi connectivity index (χ3n) is 4.63. The van der Waals surface area contributed by atoms with Crippen molar-refractivity contribution < 1.29 is 9.47 Å². The predicted octanol–water partition coefficient (Wildman–Crippen LogP) is 8.20. The molecule has 0 aromatic heterocycles. The Balaban J connectivity index is 4.03. The van der Waals surface area contributed by atoms with Gasteiger partial charge in [0.25, 0.3) is 0 Å². The summed E-state index contributed by atoms with van der Waals surface area (Å²) >= 11 is 0. The monoisotopic (exact) mass is 368 g/mol. The lowest BCUT2D eigenvalue weighted by atomic mass is 10.0. The fraction of sp³-hybridized carbons (Fsp3) is 0.917. The molecule has 0 bridgehead atoms. The molecule has 0 aliphatic rings. The summed E-state index contributed by atoms with van der Waals surface area (Å²) in [6.07, 6.45) is 19.9. The first-order valence-electron chi connectivity index (χ1n) is 11.5. The summed E-state index contributed by atoms with van der Waals surface area (Å²) in [5.74, 6) is 1.15. The zero-order valence-electron chi connectivity index (χ0n) is 18.8. The van der Waals surface area contributed by atoms with Gasteiger partial charge in [-0.1, -0.05) is 71.6 Å². The third-order valence-corrected chi connectivity index (χ3v) is 4.63. The molecule has 0 aromatic carbocycles. The maximum absolute atomic E-state index is 6.17. The van der Waals surface area contributed by atoms with Crippen LogP contribution in [-0.2, 0) is 9.47 Å². The fourth-order valence-corrected chi connectivity index (χ4v) is 3.39. The second-order valence-electron chi connectivity index (χ2n) is 8.21. The van der Waals surface area contributed by atoms with Crippen molar-refractivity contribution in [1.82, 2.24) is 0 Å². The molecule has 0 saturated heterocycles. The Hall–Kier alpha value is -0.500. The Morgan fingerprint density at radius 1 is 0.731 bits per heavy atom. The average molecular weight is 369 g/mol. The van der Waals surface area contributed by atoms with E-state index in [1.807, 2.05) is 0 Å². The van der Waals surface area contributed by atoms with Crippen LogP contribution < -0.4 is 0 Å². The Bertz CT molecular complexity index is 320. The van der Waals surface area contributed by atoms with Gasteiger partial charge in [0.15, 0.2) is 0 Å². The van der Waals surface area contributed by atoms with Gasteiger partial charge in [0, 0.05) is 6.42 Å². The Labute approximate surface area is 165 Å². The quantitative estimate of drug-likeness (QED) is 0.179. The van der Waals surface area contributed by atoms with Gasteiger partial charge < -0.3 is 9.47 Å². The highest BCUT2D eigenvalue weighted by molar-refractivity contribution is 4.93. The Morgan fingerprint density at radius 2 is 1.31 bits per heavy atom. The average Bonchev–Trinajstić information content (AvgIpc) is 2.57. The maximum Gasteiger partial charge on any atom is 0.0926 e. The summed E-state index contributed by atoms with van der Waals surface area (Å²) in [6, 6.07) is 0. The van der Waals surface area contributed by atoms with Gasteiger partial charge in [-0.15, -0.1) is 0 Å². The summed E-state index contributed by atoms with van der Waals surface area (Å²) in [5.41, 5.74) is 0. The van der Waals surface area contributed by atoms with Crippen LogP contribution in [-0.4, -0.2) is 18.3 Å². The molecule has 2 heteroatoms. The van der Waals surface area contributed by atoms with Gasteiger partial charge >= 0.3 is 0 Å². The number of allylic oxidation sites excluding steroid dienone is 2. The van der Waals surface area contributed by atoms with Crippen LogP contribution in [0.15, 0.2) is 11.8 Å². The number of unbranched alkanes of at least 4 members (excludes halogenated alkanes) is 8. The summed E-state index contributed by atoms with van der Waals surface area (Å²) in [5, 5.41) is 0. The van der Waals surface area contributed by atoms with Crippen LogP contribution >= 0.6 is 0 Å². The zero-order valence-corrected chi connectivity index (χ0v) is 18.8. The number of ether oxygens (including phenoxy) is 2. The van der Waals surface area contributed by atoms with E-state index in [1.54, 1.807) is 0 Å². The largest absolute Gasteiger partial charge is 0.496 e. The predicted molar refractivity (Wildman–Crippen MR) is 116 cm³/mol.